The number of thiophene rings is 1. The summed E-state index contributed by atoms with van der Waals surface area (Å²) >= 11 is 5.60. The zero-order valence-electron chi connectivity index (χ0n) is 13.9. The van der Waals surface area contributed by atoms with Crippen molar-refractivity contribution < 1.29 is 0 Å². The lowest BCUT2D eigenvalue weighted by atomic mass is 9.68. The normalized spacial score (nSPS) is 26.7. The van der Waals surface area contributed by atoms with E-state index < -0.39 is 0 Å². The van der Waals surface area contributed by atoms with Gasteiger partial charge in [0.05, 0.1) is 0 Å². The lowest BCUT2D eigenvalue weighted by molar-refractivity contribution is 0.189. The van der Waals surface area contributed by atoms with Crippen LogP contribution >= 0.6 is 27.3 Å². The van der Waals surface area contributed by atoms with E-state index in [2.05, 4.69) is 59.7 Å². The minimum absolute atomic E-state index is 0.728. The molecule has 1 nitrogen and oxygen atoms in total. The van der Waals surface area contributed by atoms with Crippen molar-refractivity contribution in [2.24, 2.45) is 23.7 Å². The molecule has 21 heavy (non-hydrogen) atoms. The third kappa shape index (κ3) is 4.80. The molecule has 1 aliphatic rings. The molecule has 0 bridgehead atoms. The van der Waals surface area contributed by atoms with Crippen LogP contribution in [0, 0.1) is 23.7 Å². The van der Waals surface area contributed by atoms with Gasteiger partial charge in [0.25, 0.3) is 0 Å². The van der Waals surface area contributed by atoms with Crippen molar-refractivity contribution in [1.82, 2.24) is 5.32 Å². The molecule has 0 amide bonds. The highest BCUT2D eigenvalue weighted by atomic mass is 79.9. The summed E-state index contributed by atoms with van der Waals surface area (Å²) in [5.41, 5.74) is 1.56. The molecule has 120 valence electrons. The molecular weight excluding hydrogens is 342 g/mol. The average molecular weight is 372 g/mol. The maximum absolute atomic E-state index is 3.77. The van der Waals surface area contributed by atoms with Crippen LogP contribution < -0.4 is 5.32 Å². The van der Waals surface area contributed by atoms with Gasteiger partial charge >= 0.3 is 0 Å². The molecule has 1 N–H and O–H groups in total. The van der Waals surface area contributed by atoms with Gasteiger partial charge in [-0.05, 0) is 88.8 Å². The van der Waals surface area contributed by atoms with Crippen molar-refractivity contribution in [3.63, 3.8) is 0 Å². The molecule has 3 unspecified atom stereocenters. The van der Waals surface area contributed by atoms with Crippen LogP contribution in [0.15, 0.2) is 15.2 Å². The Morgan fingerprint density at radius 3 is 2.57 bits per heavy atom. The Morgan fingerprint density at radius 1 is 1.24 bits per heavy atom. The van der Waals surface area contributed by atoms with E-state index in [0.29, 0.717) is 0 Å². The fourth-order valence-corrected chi connectivity index (χ4v) is 5.27. The van der Waals surface area contributed by atoms with Crippen molar-refractivity contribution in [2.45, 2.75) is 52.9 Å². The maximum atomic E-state index is 3.77. The molecule has 3 atom stereocenters. The Bertz CT molecular complexity index is 425. The lowest BCUT2D eigenvalue weighted by Gasteiger charge is -2.38. The first-order valence-corrected chi connectivity index (χ1v) is 10.1. The Hall–Kier alpha value is 0.140. The highest BCUT2D eigenvalue weighted by Crippen LogP contribution is 2.45. The predicted octanol–water partition coefficient (Wildman–Crippen LogP) is 5.91. The zero-order chi connectivity index (χ0) is 15.4. The van der Waals surface area contributed by atoms with E-state index in [-0.39, 0.29) is 0 Å². The largest absolute Gasteiger partial charge is 0.316 e. The Kier molecular flexibility index (Phi) is 6.77. The quantitative estimate of drug-likeness (QED) is 0.654. The van der Waals surface area contributed by atoms with E-state index in [9.17, 15) is 0 Å². The minimum Gasteiger partial charge on any atom is -0.316 e. The molecule has 0 aliphatic heterocycles. The second-order valence-electron chi connectivity index (χ2n) is 7.41. The first kappa shape index (κ1) is 17.5. The summed E-state index contributed by atoms with van der Waals surface area (Å²) in [4.78, 5) is 0. The number of hydrogen-bond donors (Lipinski definition) is 1. The fourth-order valence-electron chi connectivity index (χ4n) is 3.61. The molecule has 0 aromatic carbocycles. The van der Waals surface area contributed by atoms with Crippen molar-refractivity contribution in [1.29, 1.82) is 0 Å². The van der Waals surface area contributed by atoms with Crippen molar-refractivity contribution in [3.8, 4) is 0 Å². The first-order chi connectivity index (χ1) is 9.99. The molecule has 2 rings (SSSR count). The van der Waals surface area contributed by atoms with Crippen molar-refractivity contribution >= 4 is 27.3 Å². The number of nitrogens with one attached hydrogen (secondary N) is 1. The van der Waals surface area contributed by atoms with Crippen LogP contribution in [-0.4, -0.2) is 13.1 Å². The van der Waals surface area contributed by atoms with Crippen LogP contribution in [0.1, 0.15) is 58.4 Å². The molecule has 0 saturated heterocycles. The summed E-state index contributed by atoms with van der Waals surface area (Å²) in [6.07, 6.45) is 4.14. The van der Waals surface area contributed by atoms with Crippen LogP contribution in [0.25, 0.3) is 0 Å². The smallest absolute Gasteiger partial charge is 0.0317 e. The van der Waals surface area contributed by atoms with Gasteiger partial charge in [-0.2, -0.15) is 11.3 Å². The summed E-state index contributed by atoms with van der Waals surface area (Å²) in [6, 6.07) is 0. The second-order valence-corrected chi connectivity index (χ2v) is 9.01. The van der Waals surface area contributed by atoms with Crippen LogP contribution in [0.4, 0.5) is 0 Å². The van der Waals surface area contributed by atoms with Gasteiger partial charge < -0.3 is 5.32 Å². The van der Waals surface area contributed by atoms with Crippen LogP contribution in [0.5, 0.6) is 0 Å². The van der Waals surface area contributed by atoms with Gasteiger partial charge in [-0.25, -0.2) is 0 Å². The molecule has 1 heterocycles. The van der Waals surface area contributed by atoms with Gasteiger partial charge in [-0.3, -0.25) is 0 Å². The molecular formula is C18H30BrNS. The maximum Gasteiger partial charge on any atom is 0.0317 e. The number of hydrogen-bond acceptors (Lipinski definition) is 2. The lowest BCUT2D eigenvalue weighted by Crippen LogP contribution is -2.34. The van der Waals surface area contributed by atoms with Crippen LogP contribution in [0.3, 0.4) is 0 Å². The zero-order valence-corrected chi connectivity index (χ0v) is 16.3. The highest BCUT2D eigenvalue weighted by Gasteiger charge is 2.33. The monoisotopic (exact) mass is 371 g/mol. The number of halogens is 1. The molecule has 1 aliphatic carbocycles. The van der Waals surface area contributed by atoms with E-state index in [1.807, 2.05) is 11.3 Å². The Morgan fingerprint density at radius 2 is 2.00 bits per heavy atom. The average Bonchev–Trinajstić information content (AvgIpc) is 2.84. The van der Waals surface area contributed by atoms with E-state index in [0.717, 1.165) is 36.1 Å². The second kappa shape index (κ2) is 8.12. The molecule has 3 heteroatoms. The van der Waals surface area contributed by atoms with E-state index in [1.54, 1.807) is 5.56 Å². The number of rotatable bonds is 6. The summed E-state index contributed by atoms with van der Waals surface area (Å²) in [7, 11) is 0. The van der Waals surface area contributed by atoms with E-state index >= 15 is 0 Å². The van der Waals surface area contributed by atoms with E-state index in [4.69, 9.17) is 0 Å². The van der Waals surface area contributed by atoms with Crippen LogP contribution in [-0.2, 0) is 0 Å². The molecule has 1 saturated carbocycles. The van der Waals surface area contributed by atoms with Crippen LogP contribution in [0.2, 0.25) is 0 Å². The molecule has 1 fully saturated rings. The summed E-state index contributed by atoms with van der Waals surface area (Å²) in [5.74, 6) is 3.97. The van der Waals surface area contributed by atoms with E-state index in [1.165, 1.54) is 30.3 Å². The third-order valence-electron chi connectivity index (χ3n) is 4.98. The van der Waals surface area contributed by atoms with Gasteiger partial charge in [0.2, 0.25) is 0 Å². The predicted molar refractivity (Wildman–Crippen MR) is 98.1 cm³/mol. The fraction of sp³-hybridized carbons (Fsp3) is 0.778. The molecule has 1 aromatic rings. The van der Waals surface area contributed by atoms with Gasteiger partial charge in [-0.15, -0.1) is 0 Å². The highest BCUT2D eigenvalue weighted by molar-refractivity contribution is 9.10. The topological polar surface area (TPSA) is 12.0 Å². The van der Waals surface area contributed by atoms with Gasteiger partial charge in [-0.1, -0.05) is 27.7 Å². The SMILES string of the molecule is CC(C)CNCC1CCC(C(C)C)CC1c1cscc1Br. The minimum atomic E-state index is 0.728. The van der Waals surface area contributed by atoms with Gasteiger partial charge in [0, 0.05) is 9.85 Å². The van der Waals surface area contributed by atoms with Gasteiger partial charge in [0.15, 0.2) is 0 Å². The molecule has 0 spiro atoms. The Balaban J connectivity index is 2.05. The summed E-state index contributed by atoms with van der Waals surface area (Å²) in [6.45, 7) is 11.7. The van der Waals surface area contributed by atoms with Crippen molar-refractivity contribution in [3.05, 3.63) is 20.8 Å². The molecule has 0 radical (unpaired) electrons. The summed E-state index contributed by atoms with van der Waals surface area (Å²) < 4.78 is 1.33. The standard InChI is InChI=1S/C18H30BrNS/c1-12(2)8-20-9-15-6-5-14(13(3)4)7-16(15)17-10-21-11-18(17)19/h10-16,20H,5-9H2,1-4H3. The Labute approximate surface area is 143 Å². The summed E-state index contributed by atoms with van der Waals surface area (Å²) in [5, 5.41) is 8.31. The van der Waals surface area contributed by atoms with Gasteiger partial charge in [0.1, 0.15) is 0 Å². The van der Waals surface area contributed by atoms with Crippen molar-refractivity contribution in [2.75, 3.05) is 13.1 Å². The molecule has 1 aromatic heterocycles. The third-order valence-corrected chi connectivity index (χ3v) is 6.73. The first-order valence-electron chi connectivity index (χ1n) is 8.41.